The Labute approximate surface area is 175 Å². The summed E-state index contributed by atoms with van der Waals surface area (Å²) in [6.07, 6.45) is 10.1. The van der Waals surface area contributed by atoms with E-state index in [0.29, 0.717) is 12.5 Å². The van der Waals surface area contributed by atoms with Gasteiger partial charge in [-0.25, -0.2) is 0 Å². The molecule has 3 nitrogen and oxygen atoms in total. The first-order chi connectivity index (χ1) is 12.8. The lowest BCUT2D eigenvalue weighted by atomic mass is 9.64. The van der Waals surface area contributed by atoms with Gasteiger partial charge in [0.15, 0.2) is 8.32 Å². The molecule has 4 heteroatoms. The second-order valence-electron chi connectivity index (χ2n) is 10.4. The molecule has 0 aromatic carbocycles. The van der Waals surface area contributed by atoms with Crippen LogP contribution in [-0.4, -0.2) is 27.5 Å². The van der Waals surface area contributed by atoms with E-state index in [0.717, 1.165) is 32.3 Å². The molecule has 0 fully saturated rings. The maximum atomic E-state index is 11.1. The van der Waals surface area contributed by atoms with Crippen LogP contribution in [0.25, 0.3) is 0 Å². The number of hydrogen-bond donors (Lipinski definition) is 0. The summed E-state index contributed by atoms with van der Waals surface area (Å²) in [5.41, 5.74) is 3.07. The molecule has 1 unspecified atom stereocenters. The van der Waals surface area contributed by atoms with Crippen LogP contribution in [0, 0.1) is 11.3 Å². The molecule has 0 spiro atoms. The smallest absolute Gasteiger partial charge is 0.302 e. The highest BCUT2D eigenvalue weighted by Gasteiger charge is 2.37. The molecule has 0 amide bonds. The van der Waals surface area contributed by atoms with Gasteiger partial charge in [-0.15, -0.1) is 0 Å². The number of carbonyl (C=O) groups is 1. The molecule has 162 valence electrons. The molecule has 0 N–H and O–H groups in total. The van der Waals surface area contributed by atoms with Gasteiger partial charge in [0.05, 0.1) is 6.61 Å². The summed E-state index contributed by atoms with van der Waals surface area (Å²) in [6, 6.07) is 0. The molecular weight excluding hydrogens is 364 g/mol. The van der Waals surface area contributed by atoms with Crippen LogP contribution in [-0.2, 0) is 14.0 Å². The molecule has 1 atom stereocenters. The van der Waals surface area contributed by atoms with Crippen molar-refractivity contribution in [3.8, 4) is 0 Å². The van der Waals surface area contributed by atoms with Gasteiger partial charge < -0.3 is 9.16 Å². The zero-order valence-corrected chi connectivity index (χ0v) is 20.9. The van der Waals surface area contributed by atoms with Gasteiger partial charge in [0.1, 0.15) is 0 Å². The van der Waals surface area contributed by atoms with E-state index in [-0.39, 0.29) is 16.4 Å². The summed E-state index contributed by atoms with van der Waals surface area (Å²) >= 11 is 0. The molecule has 0 aromatic heterocycles. The van der Waals surface area contributed by atoms with Crippen LogP contribution in [0.2, 0.25) is 18.1 Å². The normalized spacial score (nSPS) is 20.7. The fourth-order valence-corrected chi connectivity index (χ4v) is 4.92. The quantitative estimate of drug-likeness (QED) is 0.177. The summed E-state index contributed by atoms with van der Waals surface area (Å²) in [7, 11) is -1.62. The van der Waals surface area contributed by atoms with Crippen LogP contribution in [0.15, 0.2) is 23.3 Å². The first kappa shape index (κ1) is 25.2. The lowest BCUT2D eigenvalue weighted by Gasteiger charge is -2.41. The van der Waals surface area contributed by atoms with E-state index in [1.807, 2.05) is 0 Å². The van der Waals surface area contributed by atoms with Crippen LogP contribution in [0.4, 0.5) is 0 Å². The number of unbranched alkanes of at least 4 members (excludes halogenated alkanes) is 1. The first-order valence-corrected chi connectivity index (χ1v) is 13.8. The molecule has 0 heterocycles. The predicted octanol–water partition coefficient (Wildman–Crippen LogP) is 7.05. The van der Waals surface area contributed by atoms with Crippen molar-refractivity contribution in [1.29, 1.82) is 0 Å². The first-order valence-electron chi connectivity index (χ1n) is 10.9. The predicted molar refractivity (Wildman–Crippen MR) is 122 cm³/mol. The number of rotatable bonds is 9. The standard InChI is InChI=1S/C24H44O3Si/c1-19-14-15-21(24(6,7)22(19)16-18-26-20(2)25)13-11-10-12-17-27-28(8,9)23(3,4)5/h11,13,21H,10,12,14-18H2,1-9H3/b13-11-. The van der Waals surface area contributed by atoms with Crippen molar-refractivity contribution in [3.05, 3.63) is 23.3 Å². The third-order valence-corrected chi connectivity index (χ3v) is 11.4. The number of esters is 1. The Morgan fingerprint density at radius 2 is 1.89 bits per heavy atom. The summed E-state index contributed by atoms with van der Waals surface area (Å²) in [5, 5.41) is 0.279. The molecule has 0 bridgehead atoms. The topological polar surface area (TPSA) is 35.5 Å². The van der Waals surface area contributed by atoms with Gasteiger partial charge in [-0.1, -0.05) is 57.9 Å². The van der Waals surface area contributed by atoms with E-state index in [1.54, 1.807) is 0 Å². The monoisotopic (exact) mass is 408 g/mol. The van der Waals surface area contributed by atoms with Crippen molar-refractivity contribution in [2.45, 2.75) is 98.7 Å². The Hall–Kier alpha value is -0.873. The van der Waals surface area contributed by atoms with Crippen LogP contribution in [0.5, 0.6) is 0 Å². The van der Waals surface area contributed by atoms with Crippen LogP contribution >= 0.6 is 0 Å². The van der Waals surface area contributed by atoms with E-state index in [9.17, 15) is 4.79 Å². The van der Waals surface area contributed by atoms with Gasteiger partial charge in [0.25, 0.3) is 0 Å². The SMILES string of the molecule is CC(=O)OCCC1=C(C)CCC(/C=C\CCCO[Si](C)(C)C(C)(C)C)C1(C)C. The van der Waals surface area contributed by atoms with Crippen LogP contribution in [0.3, 0.4) is 0 Å². The Bertz CT molecular complexity index is 579. The van der Waals surface area contributed by atoms with E-state index in [4.69, 9.17) is 9.16 Å². The van der Waals surface area contributed by atoms with E-state index >= 15 is 0 Å². The van der Waals surface area contributed by atoms with E-state index in [1.165, 1.54) is 24.5 Å². The molecule has 0 aliphatic heterocycles. The fraction of sp³-hybridized carbons (Fsp3) is 0.792. The second-order valence-corrected chi connectivity index (χ2v) is 15.2. The lowest BCUT2D eigenvalue weighted by molar-refractivity contribution is -0.140. The summed E-state index contributed by atoms with van der Waals surface area (Å²) in [5.74, 6) is 0.355. The average molecular weight is 409 g/mol. The zero-order valence-electron chi connectivity index (χ0n) is 19.9. The Kier molecular flexibility index (Phi) is 9.21. The minimum atomic E-state index is -1.62. The molecule has 0 saturated heterocycles. The highest BCUT2D eigenvalue weighted by Crippen LogP contribution is 2.46. The van der Waals surface area contributed by atoms with Gasteiger partial charge in [-0.05, 0) is 62.1 Å². The molecule has 0 radical (unpaired) electrons. The Balaban J connectivity index is 2.54. The van der Waals surface area contributed by atoms with Crippen molar-refractivity contribution in [2.24, 2.45) is 11.3 Å². The zero-order chi connectivity index (χ0) is 21.6. The van der Waals surface area contributed by atoms with Gasteiger partial charge >= 0.3 is 5.97 Å². The van der Waals surface area contributed by atoms with Gasteiger partial charge in [-0.3, -0.25) is 4.79 Å². The van der Waals surface area contributed by atoms with Gasteiger partial charge in [0, 0.05) is 20.0 Å². The fourth-order valence-electron chi connectivity index (χ4n) is 3.83. The van der Waals surface area contributed by atoms with Crippen LogP contribution < -0.4 is 0 Å². The molecular formula is C24H44O3Si. The molecule has 1 aliphatic carbocycles. The summed E-state index contributed by atoms with van der Waals surface area (Å²) in [4.78, 5) is 11.1. The molecule has 1 aliphatic rings. The highest BCUT2D eigenvalue weighted by molar-refractivity contribution is 6.74. The molecule has 0 aromatic rings. The maximum absolute atomic E-state index is 11.1. The molecule has 28 heavy (non-hydrogen) atoms. The minimum Gasteiger partial charge on any atom is -0.466 e. The summed E-state index contributed by atoms with van der Waals surface area (Å²) in [6.45, 7) is 21.3. The molecule has 1 rings (SSSR count). The number of ether oxygens (including phenoxy) is 1. The van der Waals surface area contributed by atoms with Crippen molar-refractivity contribution in [3.63, 3.8) is 0 Å². The average Bonchev–Trinajstić information content (AvgIpc) is 2.54. The summed E-state index contributed by atoms with van der Waals surface area (Å²) < 4.78 is 11.5. The van der Waals surface area contributed by atoms with Crippen molar-refractivity contribution in [1.82, 2.24) is 0 Å². The number of hydrogen-bond acceptors (Lipinski definition) is 3. The number of carbonyl (C=O) groups excluding carboxylic acids is 1. The maximum Gasteiger partial charge on any atom is 0.302 e. The third-order valence-electron chi connectivity index (χ3n) is 6.86. The van der Waals surface area contributed by atoms with E-state index in [2.05, 4.69) is 66.8 Å². The Morgan fingerprint density at radius 1 is 1.25 bits per heavy atom. The van der Waals surface area contributed by atoms with Crippen molar-refractivity contribution < 1.29 is 14.0 Å². The minimum absolute atomic E-state index is 0.122. The Morgan fingerprint density at radius 3 is 2.46 bits per heavy atom. The van der Waals surface area contributed by atoms with Crippen molar-refractivity contribution >= 4 is 14.3 Å². The largest absolute Gasteiger partial charge is 0.466 e. The number of allylic oxidation sites excluding steroid dienone is 3. The molecule has 0 saturated carbocycles. The second kappa shape index (κ2) is 10.2. The third kappa shape index (κ3) is 7.18. The van der Waals surface area contributed by atoms with Crippen molar-refractivity contribution in [2.75, 3.05) is 13.2 Å². The van der Waals surface area contributed by atoms with Gasteiger partial charge in [0.2, 0.25) is 0 Å². The van der Waals surface area contributed by atoms with E-state index < -0.39 is 8.32 Å². The van der Waals surface area contributed by atoms with Crippen LogP contribution in [0.1, 0.15) is 80.6 Å². The lowest BCUT2D eigenvalue weighted by Crippen LogP contribution is -2.40. The highest BCUT2D eigenvalue weighted by atomic mass is 28.4. The van der Waals surface area contributed by atoms with Gasteiger partial charge in [-0.2, -0.15) is 0 Å².